The van der Waals surface area contributed by atoms with Gasteiger partial charge in [0.1, 0.15) is 0 Å². The highest BCUT2D eigenvalue weighted by Crippen LogP contribution is 2.39. The maximum atomic E-state index is 14.1. The van der Waals surface area contributed by atoms with Crippen LogP contribution in [-0.4, -0.2) is 48.3 Å². The maximum Gasteiger partial charge on any atom is 0.416 e. The minimum atomic E-state index is -4.76. The number of fused-ring (bicyclic) bond motifs is 1. The summed E-state index contributed by atoms with van der Waals surface area (Å²) in [6.07, 6.45) is -2.83. The molecule has 0 spiro atoms. The van der Waals surface area contributed by atoms with E-state index in [2.05, 4.69) is 4.98 Å². The lowest BCUT2D eigenvalue weighted by Gasteiger charge is -2.21. The highest BCUT2D eigenvalue weighted by molar-refractivity contribution is 7.91. The fraction of sp³-hybridized carbons (Fsp3) is 0.417. The normalized spacial score (nSPS) is 17.1. The molecule has 1 fully saturated rings. The summed E-state index contributed by atoms with van der Waals surface area (Å²) in [7, 11) is -3.65. The molecule has 37 heavy (non-hydrogen) atoms. The third kappa shape index (κ3) is 5.65. The summed E-state index contributed by atoms with van der Waals surface area (Å²) in [5.41, 5.74) is 3.95. The van der Waals surface area contributed by atoms with Gasteiger partial charge in [-0.1, -0.05) is 30.1 Å². The van der Waals surface area contributed by atoms with Crippen molar-refractivity contribution < 1.29 is 21.6 Å². The number of likely N-dealkylation sites (tertiary alicyclic amines) is 1. The second-order valence-electron chi connectivity index (χ2n) is 9.07. The molecule has 0 bridgehead atoms. The topological polar surface area (TPSA) is 98.3 Å². The number of halogens is 5. The standard InChI is InChI=1S/C24H25Cl2F3N4O3S/c1-2-37(35,36)20-4-3-16(25)7-15(20)11-33-13-31-22-17(23(33)34)8-19(24(27,28)29)18(21(22)26)12-32-6-5-14(9-30)10-32/h3-4,7-8,13-14H,2,5-6,9-12,30H2,1H3/t14-/m1/s1. The quantitative estimate of drug-likeness (QED) is 0.449. The van der Waals surface area contributed by atoms with Crippen molar-refractivity contribution in [3.8, 4) is 0 Å². The molecule has 0 aliphatic carbocycles. The van der Waals surface area contributed by atoms with Gasteiger partial charge in [-0.3, -0.25) is 14.3 Å². The first-order chi connectivity index (χ1) is 17.4. The molecule has 13 heteroatoms. The predicted molar refractivity (Wildman–Crippen MR) is 137 cm³/mol. The average molecular weight is 577 g/mol. The molecule has 1 atom stereocenters. The number of sulfone groups is 1. The van der Waals surface area contributed by atoms with E-state index < -0.39 is 27.1 Å². The molecule has 2 heterocycles. The van der Waals surface area contributed by atoms with Crippen LogP contribution in [-0.2, 0) is 29.1 Å². The van der Waals surface area contributed by atoms with E-state index in [1.807, 2.05) is 4.90 Å². The van der Waals surface area contributed by atoms with Crippen molar-refractivity contribution in [3.63, 3.8) is 0 Å². The number of nitrogens with zero attached hydrogens (tertiary/aromatic N) is 3. The Kier molecular flexibility index (Phi) is 7.92. The molecule has 0 unspecified atom stereocenters. The molecule has 1 aromatic heterocycles. The zero-order chi connectivity index (χ0) is 27.1. The van der Waals surface area contributed by atoms with Crippen molar-refractivity contribution >= 4 is 43.9 Å². The van der Waals surface area contributed by atoms with Crippen molar-refractivity contribution in [3.05, 3.63) is 67.7 Å². The van der Waals surface area contributed by atoms with Crippen LogP contribution in [0, 0.1) is 5.92 Å². The first kappa shape index (κ1) is 27.8. The van der Waals surface area contributed by atoms with E-state index in [9.17, 15) is 26.4 Å². The fourth-order valence-corrected chi connectivity index (χ4v) is 6.23. The highest BCUT2D eigenvalue weighted by Gasteiger charge is 2.37. The van der Waals surface area contributed by atoms with Crippen LogP contribution in [0.5, 0.6) is 0 Å². The van der Waals surface area contributed by atoms with Gasteiger partial charge in [0.05, 0.1) is 45.0 Å². The van der Waals surface area contributed by atoms with E-state index in [1.54, 1.807) is 0 Å². The monoisotopic (exact) mass is 576 g/mol. The minimum Gasteiger partial charge on any atom is -0.330 e. The van der Waals surface area contributed by atoms with Gasteiger partial charge in [-0.05, 0) is 60.8 Å². The van der Waals surface area contributed by atoms with Crippen molar-refractivity contribution in [1.82, 2.24) is 14.5 Å². The highest BCUT2D eigenvalue weighted by atomic mass is 35.5. The van der Waals surface area contributed by atoms with E-state index in [0.29, 0.717) is 19.6 Å². The van der Waals surface area contributed by atoms with Crippen LogP contribution in [0.3, 0.4) is 0 Å². The number of benzene rings is 2. The van der Waals surface area contributed by atoms with Crippen LogP contribution in [0.25, 0.3) is 10.9 Å². The predicted octanol–water partition coefficient (Wildman–Crippen LogP) is 4.34. The lowest BCUT2D eigenvalue weighted by Crippen LogP contribution is -2.26. The van der Waals surface area contributed by atoms with Gasteiger partial charge in [-0.2, -0.15) is 13.2 Å². The Morgan fingerprint density at radius 2 is 1.92 bits per heavy atom. The molecule has 0 radical (unpaired) electrons. The molecule has 0 saturated carbocycles. The van der Waals surface area contributed by atoms with Gasteiger partial charge in [0.25, 0.3) is 5.56 Å². The van der Waals surface area contributed by atoms with Gasteiger partial charge in [-0.25, -0.2) is 13.4 Å². The Morgan fingerprint density at radius 1 is 1.19 bits per heavy atom. The Labute approximate surface area is 221 Å². The molecule has 3 aromatic rings. The number of hydrogen-bond donors (Lipinski definition) is 1. The Hall–Kier alpha value is -2.18. The van der Waals surface area contributed by atoms with Gasteiger partial charge in [0, 0.05) is 18.1 Å². The van der Waals surface area contributed by atoms with E-state index in [1.165, 1.54) is 25.1 Å². The third-order valence-electron chi connectivity index (χ3n) is 6.63. The van der Waals surface area contributed by atoms with Crippen LogP contribution in [0.4, 0.5) is 13.2 Å². The lowest BCUT2D eigenvalue weighted by atomic mass is 10.0. The largest absolute Gasteiger partial charge is 0.416 e. The Morgan fingerprint density at radius 3 is 2.54 bits per heavy atom. The van der Waals surface area contributed by atoms with Crippen molar-refractivity contribution in [2.45, 2.75) is 37.5 Å². The lowest BCUT2D eigenvalue weighted by molar-refractivity contribution is -0.138. The molecule has 0 amide bonds. The summed E-state index contributed by atoms with van der Waals surface area (Å²) in [5, 5.41) is -0.299. The third-order valence-corrected chi connectivity index (χ3v) is 9.10. The summed E-state index contributed by atoms with van der Waals surface area (Å²) < 4.78 is 68.5. The zero-order valence-electron chi connectivity index (χ0n) is 19.9. The van der Waals surface area contributed by atoms with Crippen molar-refractivity contribution in [1.29, 1.82) is 0 Å². The molecular formula is C24H25Cl2F3N4O3S. The van der Waals surface area contributed by atoms with Crippen molar-refractivity contribution in [2.24, 2.45) is 11.7 Å². The van der Waals surface area contributed by atoms with Crippen LogP contribution in [0.1, 0.15) is 30.0 Å². The number of alkyl halides is 3. The van der Waals surface area contributed by atoms with Crippen LogP contribution >= 0.6 is 23.2 Å². The fourth-order valence-electron chi connectivity index (χ4n) is 4.61. The zero-order valence-corrected chi connectivity index (χ0v) is 22.2. The summed E-state index contributed by atoms with van der Waals surface area (Å²) >= 11 is 12.5. The summed E-state index contributed by atoms with van der Waals surface area (Å²) in [5.74, 6) is 0.0230. The van der Waals surface area contributed by atoms with E-state index >= 15 is 0 Å². The van der Waals surface area contributed by atoms with Gasteiger partial charge < -0.3 is 5.73 Å². The molecule has 1 aliphatic heterocycles. The first-order valence-electron chi connectivity index (χ1n) is 11.6. The molecule has 7 nitrogen and oxygen atoms in total. The molecule has 4 rings (SSSR count). The smallest absolute Gasteiger partial charge is 0.330 e. The summed E-state index contributed by atoms with van der Waals surface area (Å²) in [6, 6.07) is 4.94. The van der Waals surface area contributed by atoms with Gasteiger partial charge in [-0.15, -0.1) is 0 Å². The summed E-state index contributed by atoms with van der Waals surface area (Å²) in [6.45, 7) is 2.76. The average Bonchev–Trinajstić information content (AvgIpc) is 3.29. The van der Waals surface area contributed by atoms with E-state index in [-0.39, 0.29) is 61.7 Å². The SMILES string of the molecule is CCS(=O)(=O)c1ccc(Cl)cc1Cn1cnc2c(Cl)c(CN3CC[C@H](CN)C3)c(C(F)(F)F)cc2c1=O. The van der Waals surface area contributed by atoms with Gasteiger partial charge in [0.15, 0.2) is 9.84 Å². The second-order valence-corrected chi connectivity index (χ2v) is 12.1. The van der Waals surface area contributed by atoms with Crippen LogP contribution < -0.4 is 11.3 Å². The number of rotatable bonds is 7. The van der Waals surface area contributed by atoms with Crippen molar-refractivity contribution in [2.75, 3.05) is 25.4 Å². The molecule has 200 valence electrons. The van der Waals surface area contributed by atoms with Crippen LogP contribution in [0.15, 0.2) is 40.3 Å². The second kappa shape index (κ2) is 10.5. The van der Waals surface area contributed by atoms with Crippen LogP contribution in [0.2, 0.25) is 10.0 Å². The minimum absolute atomic E-state index is 0.0165. The molecule has 1 aliphatic rings. The Bertz CT molecular complexity index is 1510. The molecule has 1 saturated heterocycles. The van der Waals surface area contributed by atoms with E-state index in [4.69, 9.17) is 28.9 Å². The maximum absolute atomic E-state index is 14.1. The number of aromatic nitrogens is 2. The van der Waals surface area contributed by atoms with Gasteiger partial charge in [0.2, 0.25) is 0 Å². The Balaban J connectivity index is 1.82. The molecule has 2 N–H and O–H groups in total. The summed E-state index contributed by atoms with van der Waals surface area (Å²) in [4.78, 5) is 19.4. The first-order valence-corrected chi connectivity index (χ1v) is 14.0. The molecule has 2 aromatic carbocycles. The van der Waals surface area contributed by atoms with E-state index in [0.717, 1.165) is 23.4 Å². The number of nitrogens with two attached hydrogens (primary N) is 1. The molecular weight excluding hydrogens is 552 g/mol. The number of hydrogen-bond acceptors (Lipinski definition) is 6. The van der Waals surface area contributed by atoms with Gasteiger partial charge >= 0.3 is 6.18 Å².